The first kappa shape index (κ1) is 70.9. The topological polar surface area (TPSA) is 0 Å². The van der Waals surface area contributed by atoms with Crippen molar-refractivity contribution < 1.29 is 41.9 Å². The summed E-state index contributed by atoms with van der Waals surface area (Å²) in [4.78, 5) is 0. The molecule has 0 N–H and O–H groups in total. The molecule has 0 heterocycles. The van der Waals surface area contributed by atoms with Crippen LogP contribution >= 0.6 is 0 Å². The standard InChI is InChI=1S/CH3.2ClH.Fe/h1H3;2*1H;/q-1;;;+3/p-2. The van der Waals surface area contributed by atoms with Crippen molar-refractivity contribution in [1.29, 1.82) is 0 Å². The molecule has 0 saturated carbocycles. The molecule has 0 aliphatic carbocycles. The zero-order chi connectivity index (χ0) is 0. The molecule has 0 aliphatic rings. The average molecular weight is 142 g/mol. The molecule has 0 bridgehead atoms. The third kappa shape index (κ3) is 11.3. The van der Waals surface area contributed by atoms with Crippen molar-refractivity contribution in [3.63, 3.8) is 0 Å². The third-order valence-corrected chi connectivity index (χ3v) is 0. The fourth-order valence-corrected chi connectivity index (χ4v) is 0. The minimum Gasteiger partial charge on any atom is -1.00 e. The van der Waals surface area contributed by atoms with Crippen molar-refractivity contribution in [3.05, 3.63) is 7.43 Å². The Morgan fingerprint density at radius 1 is 0.750 bits per heavy atom. The van der Waals surface area contributed by atoms with Crippen LogP contribution in [0.4, 0.5) is 0 Å². The zero-order valence-corrected chi connectivity index (χ0v) is 4.73. The van der Waals surface area contributed by atoms with Crippen LogP contribution in [-0.2, 0) is 17.1 Å². The summed E-state index contributed by atoms with van der Waals surface area (Å²) in [5.74, 6) is 0. The summed E-state index contributed by atoms with van der Waals surface area (Å²) in [5.41, 5.74) is 0. The number of halogens is 2. The summed E-state index contributed by atoms with van der Waals surface area (Å²) in [6, 6.07) is 0. The molecule has 0 atom stereocenters. The average Bonchev–Trinajstić information content (AvgIpc) is 0. The SMILES string of the molecule is [CH3-].[Cl-].[Cl-].[Fe+3]. The molecule has 0 amide bonds. The van der Waals surface area contributed by atoms with Gasteiger partial charge in [-0.1, -0.05) is 0 Å². The van der Waals surface area contributed by atoms with E-state index in [1.807, 2.05) is 0 Å². The van der Waals surface area contributed by atoms with Crippen molar-refractivity contribution in [3.8, 4) is 0 Å². The van der Waals surface area contributed by atoms with Gasteiger partial charge in [-0.15, -0.1) is 0 Å². The Morgan fingerprint density at radius 3 is 0.750 bits per heavy atom. The molecule has 29 valence electrons. The number of hydrogen-bond donors (Lipinski definition) is 0. The summed E-state index contributed by atoms with van der Waals surface area (Å²) in [6.45, 7) is 0. The summed E-state index contributed by atoms with van der Waals surface area (Å²) in [6.07, 6.45) is 0. The first-order valence-electron chi connectivity index (χ1n) is 0. The van der Waals surface area contributed by atoms with E-state index in [0.717, 1.165) is 0 Å². The molecule has 0 rings (SSSR count). The van der Waals surface area contributed by atoms with Gasteiger partial charge in [0.1, 0.15) is 0 Å². The largest absolute Gasteiger partial charge is 3.00 e. The van der Waals surface area contributed by atoms with Crippen molar-refractivity contribution in [1.82, 2.24) is 0 Å². The number of hydrogen-bond acceptors (Lipinski definition) is 0. The second-order valence-corrected chi connectivity index (χ2v) is 0. The van der Waals surface area contributed by atoms with Crippen molar-refractivity contribution in [2.75, 3.05) is 0 Å². The van der Waals surface area contributed by atoms with Gasteiger partial charge < -0.3 is 32.2 Å². The van der Waals surface area contributed by atoms with E-state index in [0.29, 0.717) is 0 Å². The second kappa shape index (κ2) is 32.6. The van der Waals surface area contributed by atoms with Gasteiger partial charge >= 0.3 is 17.1 Å². The van der Waals surface area contributed by atoms with Gasteiger partial charge in [-0.3, -0.25) is 0 Å². The Bertz CT molecular complexity index is 6.00. The van der Waals surface area contributed by atoms with Crippen molar-refractivity contribution >= 4 is 0 Å². The van der Waals surface area contributed by atoms with E-state index in [1.165, 1.54) is 0 Å². The van der Waals surface area contributed by atoms with Crippen LogP contribution in [0.3, 0.4) is 0 Å². The van der Waals surface area contributed by atoms with Crippen molar-refractivity contribution in [2.45, 2.75) is 0 Å². The Morgan fingerprint density at radius 2 is 0.750 bits per heavy atom. The van der Waals surface area contributed by atoms with E-state index in [2.05, 4.69) is 0 Å². The van der Waals surface area contributed by atoms with Crippen LogP contribution < -0.4 is 24.8 Å². The maximum absolute atomic E-state index is 0. The van der Waals surface area contributed by atoms with E-state index in [1.54, 1.807) is 0 Å². The first-order valence-corrected chi connectivity index (χ1v) is 0. The molecule has 4 heavy (non-hydrogen) atoms. The molecule has 0 unspecified atom stereocenters. The molecule has 0 spiro atoms. The van der Waals surface area contributed by atoms with Gasteiger partial charge in [0.15, 0.2) is 0 Å². The predicted molar refractivity (Wildman–Crippen MR) is 6.41 cm³/mol. The van der Waals surface area contributed by atoms with Crippen LogP contribution in [0.1, 0.15) is 0 Å². The Hall–Kier alpha value is 1.10. The van der Waals surface area contributed by atoms with Gasteiger partial charge in [0, 0.05) is 0 Å². The van der Waals surface area contributed by atoms with Gasteiger partial charge in [-0.05, 0) is 0 Å². The zero-order valence-electron chi connectivity index (χ0n) is 2.11. The molecular formula is CH3Cl2Fe. The van der Waals surface area contributed by atoms with Gasteiger partial charge in [0.05, 0.1) is 0 Å². The maximum Gasteiger partial charge on any atom is 3.00 e. The van der Waals surface area contributed by atoms with Crippen LogP contribution in [-0.4, -0.2) is 0 Å². The summed E-state index contributed by atoms with van der Waals surface area (Å²) in [7, 11) is 0. The smallest absolute Gasteiger partial charge is 1.00 e. The molecule has 3 heteroatoms. The summed E-state index contributed by atoms with van der Waals surface area (Å²) in [5, 5.41) is 0. The minimum absolute atomic E-state index is 0. The Labute approximate surface area is 49.6 Å². The Balaban J connectivity index is 0. The van der Waals surface area contributed by atoms with Crippen molar-refractivity contribution in [2.24, 2.45) is 0 Å². The van der Waals surface area contributed by atoms with Crippen LogP contribution in [0, 0.1) is 7.43 Å². The maximum atomic E-state index is 0. The molecule has 0 saturated heterocycles. The monoisotopic (exact) mass is 141 g/mol. The minimum atomic E-state index is 0. The molecule has 0 aromatic rings. The third-order valence-electron chi connectivity index (χ3n) is 0. The molecule has 0 nitrogen and oxygen atoms in total. The first-order chi connectivity index (χ1) is 0. The van der Waals surface area contributed by atoms with Crippen LogP contribution in [0.2, 0.25) is 0 Å². The molecule has 1 radical (unpaired) electrons. The van der Waals surface area contributed by atoms with Gasteiger partial charge in [-0.2, -0.15) is 0 Å². The normalized spacial score (nSPS) is 0. The summed E-state index contributed by atoms with van der Waals surface area (Å²) >= 11 is 0. The molecule has 0 aliphatic heterocycles. The molecule has 0 aromatic heterocycles. The predicted octanol–water partition coefficient (Wildman–Crippen LogP) is -5.54. The fourth-order valence-electron chi connectivity index (χ4n) is 0. The van der Waals surface area contributed by atoms with Gasteiger partial charge in [0.2, 0.25) is 0 Å². The van der Waals surface area contributed by atoms with Crippen LogP contribution in [0.5, 0.6) is 0 Å². The van der Waals surface area contributed by atoms with E-state index in [9.17, 15) is 0 Å². The summed E-state index contributed by atoms with van der Waals surface area (Å²) < 4.78 is 0. The van der Waals surface area contributed by atoms with E-state index < -0.39 is 0 Å². The fraction of sp³-hybridized carbons (Fsp3) is 0. The molecular weight excluding hydrogens is 139 g/mol. The molecule has 0 fully saturated rings. The van der Waals surface area contributed by atoms with Gasteiger partial charge in [-0.25, -0.2) is 0 Å². The van der Waals surface area contributed by atoms with E-state index in [-0.39, 0.29) is 49.3 Å². The number of rotatable bonds is 0. The van der Waals surface area contributed by atoms with Crippen LogP contribution in [0.15, 0.2) is 0 Å². The quantitative estimate of drug-likeness (QED) is 0.233. The second-order valence-electron chi connectivity index (χ2n) is 0. The Kier molecular flexibility index (Phi) is 577. The van der Waals surface area contributed by atoms with E-state index >= 15 is 0 Å². The van der Waals surface area contributed by atoms with E-state index in [4.69, 9.17) is 0 Å². The van der Waals surface area contributed by atoms with Gasteiger partial charge in [0.25, 0.3) is 0 Å². The van der Waals surface area contributed by atoms with Crippen LogP contribution in [0.25, 0.3) is 0 Å². The molecule has 0 aromatic carbocycles.